The van der Waals surface area contributed by atoms with Crippen molar-refractivity contribution in [2.24, 2.45) is 0 Å². The predicted octanol–water partition coefficient (Wildman–Crippen LogP) is 1.85. The second-order valence-corrected chi connectivity index (χ2v) is 3.07. The lowest BCUT2D eigenvalue weighted by molar-refractivity contribution is -0.146. The third-order valence-corrected chi connectivity index (χ3v) is 2.23. The largest absolute Gasteiger partial charge is 0.478 e. The SMILES string of the molecule is O=C(O)c1cc(OO)c(Br)c(OO)c1. The fourth-order valence-electron chi connectivity index (χ4n) is 0.829. The van der Waals surface area contributed by atoms with Crippen molar-refractivity contribution in [2.75, 3.05) is 0 Å². The maximum absolute atomic E-state index is 10.6. The van der Waals surface area contributed by atoms with Crippen LogP contribution >= 0.6 is 15.9 Å². The van der Waals surface area contributed by atoms with Gasteiger partial charge in [-0.3, -0.25) is 0 Å². The van der Waals surface area contributed by atoms with E-state index in [0.29, 0.717) is 0 Å². The Morgan fingerprint density at radius 3 is 1.93 bits per heavy atom. The topological polar surface area (TPSA) is 96.2 Å². The van der Waals surface area contributed by atoms with Gasteiger partial charge in [0.2, 0.25) is 0 Å². The van der Waals surface area contributed by atoms with Gasteiger partial charge in [-0.05, 0) is 15.9 Å². The Hall–Kier alpha value is -1.31. The van der Waals surface area contributed by atoms with Crippen LogP contribution in [0.25, 0.3) is 0 Å². The molecule has 0 spiro atoms. The van der Waals surface area contributed by atoms with Gasteiger partial charge < -0.3 is 14.9 Å². The number of aromatic carboxylic acids is 1. The van der Waals surface area contributed by atoms with Gasteiger partial charge in [0.1, 0.15) is 4.47 Å². The van der Waals surface area contributed by atoms with Gasteiger partial charge in [-0.25, -0.2) is 15.3 Å². The van der Waals surface area contributed by atoms with Crippen LogP contribution in [0.1, 0.15) is 10.4 Å². The molecule has 7 heteroatoms. The summed E-state index contributed by atoms with van der Waals surface area (Å²) in [5.41, 5.74) is -0.193. The highest BCUT2D eigenvalue weighted by molar-refractivity contribution is 9.10. The lowest BCUT2D eigenvalue weighted by Crippen LogP contribution is -1.99. The van der Waals surface area contributed by atoms with Gasteiger partial charge in [0.25, 0.3) is 0 Å². The molecule has 0 saturated heterocycles. The number of carboxylic acids is 1. The number of benzene rings is 1. The second-order valence-electron chi connectivity index (χ2n) is 2.27. The van der Waals surface area contributed by atoms with Crippen LogP contribution < -0.4 is 9.78 Å². The van der Waals surface area contributed by atoms with E-state index in [1.165, 1.54) is 0 Å². The van der Waals surface area contributed by atoms with E-state index in [0.717, 1.165) is 12.1 Å². The third kappa shape index (κ3) is 1.95. The lowest BCUT2D eigenvalue weighted by atomic mass is 10.2. The quantitative estimate of drug-likeness (QED) is 0.570. The predicted molar refractivity (Wildman–Crippen MR) is 47.6 cm³/mol. The van der Waals surface area contributed by atoms with Crippen molar-refractivity contribution < 1.29 is 30.2 Å². The molecule has 0 aliphatic heterocycles. The van der Waals surface area contributed by atoms with Crippen molar-refractivity contribution in [3.8, 4) is 11.5 Å². The van der Waals surface area contributed by atoms with E-state index in [1.807, 2.05) is 0 Å². The minimum Gasteiger partial charge on any atom is -0.478 e. The molecular formula is C7H5BrO6. The summed E-state index contributed by atoms with van der Waals surface area (Å²) in [6.45, 7) is 0. The van der Waals surface area contributed by atoms with Gasteiger partial charge >= 0.3 is 5.97 Å². The highest BCUT2D eigenvalue weighted by Gasteiger charge is 2.15. The summed E-state index contributed by atoms with van der Waals surface area (Å²) >= 11 is 2.92. The first kappa shape index (κ1) is 10.8. The van der Waals surface area contributed by atoms with E-state index in [1.54, 1.807) is 0 Å². The second kappa shape index (κ2) is 4.27. The number of hydrogen-bond acceptors (Lipinski definition) is 5. The third-order valence-electron chi connectivity index (χ3n) is 1.45. The zero-order valence-electron chi connectivity index (χ0n) is 6.60. The Kier molecular flexibility index (Phi) is 3.28. The molecule has 0 atom stereocenters. The lowest BCUT2D eigenvalue weighted by Gasteiger charge is -2.05. The molecule has 1 aromatic rings. The summed E-state index contributed by atoms with van der Waals surface area (Å²) in [7, 11) is 0. The number of carboxylic acid groups (broad SMARTS) is 1. The van der Waals surface area contributed by atoms with Gasteiger partial charge in [0, 0.05) is 12.1 Å². The molecule has 0 saturated carbocycles. The standard InChI is InChI=1S/C7H5BrO6/c8-6-4(13-11)1-3(7(9)10)2-5(6)14-12/h1-2,11-12H,(H,9,10). The van der Waals surface area contributed by atoms with Crippen molar-refractivity contribution in [3.05, 3.63) is 22.2 Å². The summed E-state index contributed by atoms with van der Waals surface area (Å²) < 4.78 is 0.104. The average Bonchev–Trinajstić information content (AvgIpc) is 2.17. The summed E-state index contributed by atoms with van der Waals surface area (Å²) in [6.07, 6.45) is 0. The van der Waals surface area contributed by atoms with Gasteiger partial charge in [0.15, 0.2) is 11.5 Å². The van der Waals surface area contributed by atoms with Crippen molar-refractivity contribution in [1.82, 2.24) is 0 Å². The number of halogens is 1. The number of rotatable bonds is 3. The molecule has 0 aliphatic carbocycles. The minimum absolute atomic E-state index is 0.104. The van der Waals surface area contributed by atoms with Crippen LogP contribution in [-0.2, 0) is 0 Å². The molecule has 0 aromatic heterocycles. The van der Waals surface area contributed by atoms with Gasteiger partial charge in [-0.2, -0.15) is 0 Å². The molecule has 0 unspecified atom stereocenters. The first-order chi connectivity index (χ1) is 6.60. The number of hydrogen-bond donors (Lipinski definition) is 3. The van der Waals surface area contributed by atoms with E-state index in [9.17, 15) is 4.79 Å². The smallest absolute Gasteiger partial charge is 0.335 e. The molecule has 0 heterocycles. The highest BCUT2D eigenvalue weighted by Crippen LogP contribution is 2.35. The van der Waals surface area contributed by atoms with Crippen LogP contribution in [0.4, 0.5) is 0 Å². The van der Waals surface area contributed by atoms with E-state index >= 15 is 0 Å². The minimum atomic E-state index is -1.24. The number of carbonyl (C=O) groups is 1. The van der Waals surface area contributed by atoms with E-state index in [4.69, 9.17) is 15.6 Å². The van der Waals surface area contributed by atoms with Crippen LogP contribution in [0.5, 0.6) is 11.5 Å². The first-order valence-electron chi connectivity index (χ1n) is 3.29. The molecule has 0 amide bonds. The van der Waals surface area contributed by atoms with E-state index in [2.05, 4.69) is 25.7 Å². The van der Waals surface area contributed by atoms with Crippen LogP contribution in [0.3, 0.4) is 0 Å². The molecule has 6 nitrogen and oxygen atoms in total. The summed E-state index contributed by atoms with van der Waals surface area (Å²) in [5, 5.41) is 25.4. The molecule has 0 radical (unpaired) electrons. The van der Waals surface area contributed by atoms with Gasteiger partial charge in [-0.15, -0.1) is 0 Å². The van der Waals surface area contributed by atoms with Crippen LogP contribution in [0.15, 0.2) is 16.6 Å². The Labute approximate surface area is 86.3 Å². The normalized spacial score (nSPS) is 9.64. The molecule has 0 bridgehead atoms. The zero-order valence-corrected chi connectivity index (χ0v) is 8.19. The Morgan fingerprint density at radius 2 is 1.64 bits per heavy atom. The Balaban J connectivity index is 3.32. The van der Waals surface area contributed by atoms with Crippen LogP contribution in [-0.4, -0.2) is 21.6 Å². The maximum Gasteiger partial charge on any atom is 0.335 e. The Morgan fingerprint density at radius 1 is 1.21 bits per heavy atom. The Bertz CT molecular complexity index is 338. The van der Waals surface area contributed by atoms with E-state index in [-0.39, 0.29) is 21.5 Å². The summed E-state index contributed by atoms with van der Waals surface area (Å²) in [5.74, 6) is -1.59. The summed E-state index contributed by atoms with van der Waals surface area (Å²) in [6, 6.07) is 2.13. The highest BCUT2D eigenvalue weighted by atomic mass is 79.9. The van der Waals surface area contributed by atoms with Crippen molar-refractivity contribution in [1.29, 1.82) is 0 Å². The van der Waals surface area contributed by atoms with Gasteiger partial charge in [0.05, 0.1) is 5.56 Å². The monoisotopic (exact) mass is 264 g/mol. The molecule has 1 aromatic carbocycles. The zero-order chi connectivity index (χ0) is 10.7. The molecule has 0 fully saturated rings. The molecule has 1 rings (SSSR count). The van der Waals surface area contributed by atoms with E-state index < -0.39 is 5.97 Å². The van der Waals surface area contributed by atoms with Crippen molar-refractivity contribution >= 4 is 21.9 Å². The fourth-order valence-corrected chi connectivity index (χ4v) is 1.20. The van der Waals surface area contributed by atoms with Crippen LogP contribution in [0, 0.1) is 0 Å². The molecular weight excluding hydrogens is 260 g/mol. The van der Waals surface area contributed by atoms with Crippen molar-refractivity contribution in [2.45, 2.75) is 0 Å². The van der Waals surface area contributed by atoms with Crippen LogP contribution in [0.2, 0.25) is 0 Å². The molecule has 3 N–H and O–H groups in total. The average molecular weight is 265 g/mol. The van der Waals surface area contributed by atoms with Gasteiger partial charge in [-0.1, -0.05) is 0 Å². The molecule has 0 aliphatic rings. The fraction of sp³-hybridized carbons (Fsp3) is 0. The summed E-state index contributed by atoms with van der Waals surface area (Å²) in [4.78, 5) is 18.3. The van der Waals surface area contributed by atoms with Crippen molar-refractivity contribution in [3.63, 3.8) is 0 Å². The first-order valence-corrected chi connectivity index (χ1v) is 4.09. The maximum atomic E-state index is 10.6. The molecule has 14 heavy (non-hydrogen) atoms. The molecule has 76 valence electrons.